The van der Waals surface area contributed by atoms with Gasteiger partial charge in [-0.3, -0.25) is 0 Å². The molecule has 0 saturated carbocycles. The SMILES string of the molecule is O=C(NCc1ccc(F)cc1)N[C@@H]1c2ccccc2C[C@@H]1O. The van der Waals surface area contributed by atoms with Crippen molar-refractivity contribution >= 4 is 6.03 Å². The Kier molecular flexibility index (Phi) is 4.06. The number of carbonyl (C=O) groups is 1. The number of urea groups is 1. The minimum atomic E-state index is -0.617. The fraction of sp³-hybridized carbons (Fsp3) is 0.235. The maximum absolute atomic E-state index is 12.8. The van der Waals surface area contributed by atoms with E-state index in [0.717, 1.165) is 16.7 Å². The number of fused-ring (bicyclic) bond motifs is 1. The van der Waals surface area contributed by atoms with E-state index in [1.807, 2.05) is 24.3 Å². The summed E-state index contributed by atoms with van der Waals surface area (Å²) in [5.41, 5.74) is 2.81. The van der Waals surface area contributed by atoms with E-state index in [-0.39, 0.29) is 11.8 Å². The highest BCUT2D eigenvalue weighted by Crippen LogP contribution is 2.30. The molecule has 0 spiro atoms. The molecular weight excluding hydrogens is 283 g/mol. The number of aliphatic hydroxyl groups excluding tert-OH is 1. The number of halogens is 1. The summed E-state index contributed by atoms with van der Waals surface area (Å²) >= 11 is 0. The van der Waals surface area contributed by atoms with Gasteiger partial charge in [0, 0.05) is 13.0 Å². The normalized spacial score (nSPS) is 19.5. The Bertz CT molecular complexity index is 673. The van der Waals surface area contributed by atoms with Crippen molar-refractivity contribution in [2.75, 3.05) is 0 Å². The molecule has 2 aromatic carbocycles. The van der Waals surface area contributed by atoms with Crippen molar-refractivity contribution in [3.63, 3.8) is 0 Å². The van der Waals surface area contributed by atoms with E-state index in [4.69, 9.17) is 0 Å². The molecule has 0 radical (unpaired) electrons. The summed E-state index contributed by atoms with van der Waals surface area (Å²) in [6.45, 7) is 0.302. The summed E-state index contributed by atoms with van der Waals surface area (Å²) in [5, 5.41) is 15.6. The third kappa shape index (κ3) is 3.09. The molecule has 0 aromatic heterocycles. The maximum atomic E-state index is 12.8. The highest BCUT2D eigenvalue weighted by molar-refractivity contribution is 5.74. The van der Waals surface area contributed by atoms with Crippen molar-refractivity contribution < 1.29 is 14.3 Å². The first-order valence-corrected chi connectivity index (χ1v) is 7.18. The molecule has 2 aromatic rings. The van der Waals surface area contributed by atoms with Crippen molar-refractivity contribution in [1.29, 1.82) is 0 Å². The Balaban J connectivity index is 1.59. The molecule has 0 bridgehead atoms. The van der Waals surface area contributed by atoms with Crippen LogP contribution in [0.4, 0.5) is 9.18 Å². The van der Waals surface area contributed by atoms with Gasteiger partial charge in [0.15, 0.2) is 0 Å². The summed E-state index contributed by atoms with van der Waals surface area (Å²) < 4.78 is 12.8. The minimum absolute atomic E-state index is 0.302. The van der Waals surface area contributed by atoms with Gasteiger partial charge in [-0.1, -0.05) is 36.4 Å². The van der Waals surface area contributed by atoms with Gasteiger partial charge >= 0.3 is 6.03 Å². The fourth-order valence-corrected chi connectivity index (χ4v) is 2.72. The summed E-state index contributed by atoms with van der Waals surface area (Å²) in [6.07, 6.45) is -0.0759. The predicted molar refractivity (Wildman–Crippen MR) is 80.7 cm³/mol. The molecular formula is C17H17FN2O2. The maximum Gasteiger partial charge on any atom is 0.315 e. The number of aliphatic hydroxyl groups is 1. The second kappa shape index (κ2) is 6.15. The second-order valence-corrected chi connectivity index (χ2v) is 5.40. The van der Waals surface area contributed by atoms with E-state index in [9.17, 15) is 14.3 Å². The van der Waals surface area contributed by atoms with Crippen LogP contribution in [0.1, 0.15) is 22.7 Å². The zero-order chi connectivity index (χ0) is 15.5. The molecule has 0 unspecified atom stereocenters. The van der Waals surface area contributed by atoms with Gasteiger partial charge in [-0.2, -0.15) is 0 Å². The van der Waals surface area contributed by atoms with Gasteiger partial charge in [0.05, 0.1) is 12.1 Å². The van der Waals surface area contributed by atoms with Crippen LogP contribution in [0, 0.1) is 5.82 Å². The molecule has 5 heteroatoms. The van der Waals surface area contributed by atoms with Crippen LogP contribution < -0.4 is 10.6 Å². The molecule has 1 aliphatic rings. The second-order valence-electron chi connectivity index (χ2n) is 5.40. The molecule has 1 aliphatic carbocycles. The number of rotatable bonds is 3. The Hall–Kier alpha value is -2.40. The lowest BCUT2D eigenvalue weighted by atomic mass is 10.1. The first-order chi connectivity index (χ1) is 10.6. The number of hydrogen-bond donors (Lipinski definition) is 3. The number of carbonyl (C=O) groups excluding carboxylic acids is 1. The molecule has 3 rings (SSSR count). The van der Waals surface area contributed by atoms with Gasteiger partial charge in [-0.15, -0.1) is 0 Å². The Morgan fingerprint density at radius 3 is 2.68 bits per heavy atom. The third-order valence-electron chi connectivity index (χ3n) is 3.86. The zero-order valence-electron chi connectivity index (χ0n) is 11.9. The summed E-state index contributed by atoms with van der Waals surface area (Å²) in [4.78, 5) is 12.0. The van der Waals surface area contributed by atoms with Crippen molar-refractivity contribution in [3.05, 3.63) is 71.0 Å². The van der Waals surface area contributed by atoms with Crippen LogP contribution in [-0.4, -0.2) is 17.2 Å². The minimum Gasteiger partial charge on any atom is -0.390 e. The molecule has 0 heterocycles. The molecule has 114 valence electrons. The Morgan fingerprint density at radius 1 is 1.18 bits per heavy atom. The molecule has 3 N–H and O–H groups in total. The average Bonchev–Trinajstić information content (AvgIpc) is 2.83. The van der Waals surface area contributed by atoms with Crippen LogP contribution in [0.15, 0.2) is 48.5 Å². The average molecular weight is 300 g/mol. The monoisotopic (exact) mass is 300 g/mol. The predicted octanol–water partition coefficient (Wildman–Crippen LogP) is 2.28. The summed E-state index contributed by atoms with van der Waals surface area (Å²) in [5.74, 6) is -0.307. The molecule has 22 heavy (non-hydrogen) atoms. The first-order valence-electron chi connectivity index (χ1n) is 7.18. The Morgan fingerprint density at radius 2 is 1.91 bits per heavy atom. The number of nitrogens with one attached hydrogen (secondary N) is 2. The van der Waals surface area contributed by atoms with Crippen molar-refractivity contribution in [1.82, 2.24) is 10.6 Å². The molecule has 0 fully saturated rings. The van der Waals surface area contributed by atoms with Crippen LogP contribution in [-0.2, 0) is 13.0 Å². The lowest BCUT2D eigenvalue weighted by Crippen LogP contribution is -2.40. The van der Waals surface area contributed by atoms with Gasteiger partial charge < -0.3 is 15.7 Å². The third-order valence-corrected chi connectivity index (χ3v) is 3.86. The highest BCUT2D eigenvalue weighted by atomic mass is 19.1. The smallest absolute Gasteiger partial charge is 0.315 e. The summed E-state index contributed by atoms with van der Waals surface area (Å²) in [6, 6.07) is 12.9. The van der Waals surface area contributed by atoms with E-state index in [2.05, 4.69) is 10.6 Å². The van der Waals surface area contributed by atoms with Crippen molar-refractivity contribution in [2.24, 2.45) is 0 Å². The lowest BCUT2D eigenvalue weighted by molar-refractivity contribution is 0.142. The number of hydrogen-bond acceptors (Lipinski definition) is 2. The van der Waals surface area contributed by atoms with E-state index < -0.39 is 12.1 Å². The lowest BCUT2D eigenvalue weighted by Gasteiger charge is -2.18. The van der Waals surface area contributed by atoms with Crippen LogP contribution in [0.2, 0.25) is 0 Å². The largest absolute Gasteiger partial charge is 0.390 e. The van der Waals surface area contributed by atoms with Gasteiger partial charge in [0.2, 0.25) is 0 Å². The molecule has 4 nitrogen and oxygen atoms in total. The Labute approximate surface area is 128 Å². The molecule has 2 atom stereocenters. The zero-order valence-corrected chi connectivity index (χ0v) is 11.9. The van der Waals surface area contributed by atoms with E-state index in [1.165, 1.54) is 12.1 Å². The van der Waals surface area contributed by atoms with Gasteiger partial charge in [-0.25, -0.2) is 9.18 Å². The van der Waals surface area contributed by atoms with Crippen LogP contribution >= 0.6 is 0 Å². The van der Waals surface area contributed by atoms with Crippen LogP contribution in [0.25, 0.3) is 0 Å². The quantitative estimate of drug-likeness (QED) is 0.814. The van der Waals surface area contributed by atoms with Crippen molar-refractivity contribution in [3.8, 4) is 0 Å². The van der Waals surface area contributed by atoms with Crippen LogP contribution in [0.3, 0.4) is 0 Å². The van der Waals surface area contributed by atoms with Crippen LogP contribution in [0.5, 0.6) is 0 Å². The number of amides is 2. The molecule has 0 saturated heterocycles. The fourth-order valence-electron chi connectivity index (χ4n) is 2.72. The van der Waals surface area contributed by atoms with E-state index >= 15 is 0 Å². The van der Waals surface area contributed by atoms with E-state index in [1.54, 1.807) is 12.1 Å². The first kappa shape index (κ1) is 14.5. The summed E-state index contributed by atoms with van der Waals surface area (Å²) in [7, 11) is 0. The molecule has 0 aliphatic heterocycles. The van der Waals surface area contributed by atoms with Gasteiger partial charge in [0.1, 0.15) is 5.82 Å². The topological polar surface area (TPSA) is 61.4 Å². The highest BCUT2D eigenvalue weighted by Gasteiger charge is 2.31. The molecule has 2 amide bonds. The number of benzene rings is 2. The standard InChI is InChI=1S/C17H17FN2O2/c18-13-7-5-11(6-8-13)10-19-17(22)20-16-14-4-2-1-3-12(14)9-15(16)21/h1-8,15-16,21H,9-10H2,(H2,19,20,22)/t15-,16+/m0/s1. The van der Waals surface area contributed by atoms with Gasteiger partial charge in [0.25, 0.3) is 0 Å². The van der Waals surface area contributed by atoms with Crippen molar-refractivity contribution in [2.45, 2.75) is 25.1 Å². The van der Waals surface area contributed by atoms with Gasteiger partial charge in [-0.05, 0) is 28.8 Å². The van der Waals surface area contributed by atoms with E-state index in [0.29, 0.717) is 13.0 Å².